The zero-order valence-electron chi connectivity index (χ0n) is 6.71. The van der Waals surface area contributed by atoms with Crippen LogP contribution in [0.5, 0.6) is 0 Å². The molecule has 0 aromatic rings. The van der Waals surface area contributed by atoms with Gasteiger partial charge in [0.2, 0.25) is 5.91 Å². The molecule has 0 aliphatic carbocycles. The molecule has 0 rings (SSSR count). The predicted molar refractivity (Wildman–Crippen MR) is 38.5 cm³/mol. The van der Waals surface area contributed by atoms with Crippen molar-refractivity contribution in [1.29, 1.82) is 0 Å². The molecule has 0 aliphatic heterocycles. The standard InChI is InChI=1S/C6H11F3N2O2/c7-6(8,9)5(13)3(10)1-2-4(11)12/h3,5,13H,1-2,10H2,(H2,11,12). The minimum atomic E-state index is -4.75. The van der Waals surface area contributed by atoms with E-state index in [9.17, 15) is 18.0 Å². The van der Waals surface area contributed by atoms with E-state index < -0.39 is 24.2 Å². The monoisotopic (exact) mass is 200 g/mol. The zero-order chi connectivity index (χ0) is 10.6. The number of carbonyl (C=O) groups excluding carboxylic acids is 1. The highest BCUT2D eigenvalue weighted by Gasteiger charge is 2.41. The van der Waals surface area contributed by atoms with Crippen molar-refractivity contribution in [3.8, 4) is 0 Å². The van der Waals surface area contributed by atoms with Crippen LogP contribution in [0.2, 0.25) is 0 Å². The van der Waals surface area contributed by atoms with Gasteiger partial charge in [0.15, 0.2) is 6.10 Å². The van der Waals surface area contributed by atoms with Gasteiger partial charge in [-0.15, -0.1) is 0 Å². The molecule has 0 radical (unpaired) electrons. The summed E-state index contributed by atoms with van der Waals surface area (Å²) in [7, 11) is 0. The lowest BCUT2D eigenvalue weighted by Crippen LogP contribution is -2.45. The number of alkyl halides is 3. The first-order chi connectivity index (χ1) is 5.75. The molecule has 2 atom stereocenters. The number of carbonyl (C=O) groups is 1. The Morgan fingerprint density at radius 3 is 2.23 bits per heavy atom. The first-order valence-corrected chi connectivity index (χ1v) is 3.54. The summed E-state index contributed by atoms with van der Waals surface area (Å²) >= 11 is 0. The van der Waals surface area contributed by atoms with Crippen LogP contribution in [0.15, 0.2) is 0 Å². The van der Waals surface area contributed by atoms with Gasteiger partial charge in [0, 0.05) is 12.5 Å². The molecule has 0 aliphatic rings. The number of hydrogen-bond donors (Lipinski definition) is 3. The minimum absolute atomic E-state index is 0.270. The second kappa shape index (κ2) is 4.43. The van der Waals surface area contributed by atoms with Gasteiger partial charge < -0.3 is 16.6 Å². The van der Waals surface area contributed by atoms with Crippen LogP contribution in [-0.2, 0) is 4.79 Å². The Kier molecular flexibility index (Phi) is 4.15. The number of hydrogen-bond acceptors (Lipinski definition) is 3. The van der Waals surface area contributed by atoms with E-state index in [4.69, 9.17) is 16.6 Å². The molecule has 2 unspecified atom stereocenters. The maximum Gasteiger partial charge on any atom is 0.415 e. The van der Waals surface area contributed by atoms with Gasteiger partial charge >= 0.3 is 6.18 Å². The van der Waals surface area contributed by atoms with Crippen molar-refractivity contribution in [3.05, 3.63) is 0 Å². The van der Waals surface area contributed by atoms with Crippen LogP contribution >= 0.6 is 0 Å². The first kappa shape index (κ1) is 12.2. The van der Waals surface area contributed by atoms with Crippen molar-refractivity contribution < 1.29 is 23.1 Å². The quantitative estimate of drug-likeness (QED) is 0.571. The molecule has 7 heteroatoms. The van der Waals surface area contributed by atoms with Gasteiger partial charge in [-0.05, 0) is 6.42 Å². The summed E-state index contributed by atoms with van der Waals surface area (Å²) in [5, 5.41) is 8.56. The van der Waals surface area contributed by atoms with Crippen LogP contribution in [-0.4, -0.2) is 29.3 Å². The molecule has 0 fully saturated rings. The largest absolute Gasteiger partial charge is 0.415 e. The Morgan fingerprint density at radius 2 is 1.92 bits per heavy atom. The van der Waals surface area contributed by atoms with Crippen molar-refractivity contribution in [3.63, 3.8) is 0 Å². The molecule has 0 bridgehead atoms. The Balaban J connectivity index is 3.97. The summed E-state index contributed by atoms with van der Waals surface area (Å²) in [6, 6.07) is -1.51. The van der Waals surface area contributed by atoms with E-state index in [0.29, 0.717) is 0 Å². The van der Waals surface area contributed by atoms with Crippen molar-refractivity contribution in [2.24, 2.45) is 11.5 Å². The Morgan fingerprint density at radius 1 is 1.46 bits per heavy atom. The van der Waals surface area contributed by atoms with Gasteiger partial charge in [-0.25, -0.2) is 0 Å². The van der Waals surface area contributed by atoms with Crippen molar-refractivity contribution in [2.45, 2.75) is 31.2 Å². The van der Waals surface area contributed by atoms with E-state index >= 15 is 0 Å². The molecule has 5 N–H and O–H groups in total. The second-order valence-corrected chi connectivity index (χ2v) is 2.66. The topological polar surface area (TPSA) is 89.3 Å². The number of rotatable bonds is 4. The average molecular weight is 200 g/mol. The van der Waals surface area contributed by atoms with E-state index in [1.54, 1.807) is 0 Å². The number of amides is 1. The van der Waals surface area contributed by atoms with Crippen LogP contribution in [0.3, 0.4) is 0 Å². The SMILES string of the molecule is NC(=O)CCC(N)C(O)C(F)(F)F. The van der Waals surface area contributed by atoms with Crippen molar-refractivity contribution in [1.82, 2.24) is 0 Å². The van der Waals surface area contributed by atoms with Gasteiger partial charge in [0.05, 0.1) is 0 Å². The van der Waals surface area contributed by atoms with Crippen LogP contribution in [0.25, 0.3) is 0 Å². The van der Waals surface area contributed by atoms with Crippen molar-refractivity contribution in [2.75, 3.05) is 0 Å². The number of nitrogens with two attached hydrogens (primary N) is 2. The van der Waals surface area contributed by atoms with Crippen LogP contribution in [0.1, 0.15) is 12.8 Å². The van der Waals surface area contributed by atoms with Gasteiger partial charge in [-0.3, -0.25) is 4.79 Å². The number of aliphatic hydroxyl groups excluding tert-OH is 1. The molecule has 0 aromatic carbocycles. The van der Waals surface area contributed by atoms with Gasteiger partial charge in [0.1, 0.15) is 0 Å². The fourth-order valence-corrected chi connectivity index (χ4v) is 0.710. The first-order valence-electron chi connectivity index (χ1n) is 3.54. The lowest BCUT2D eigenvalue weighted by molar-refractivity contribution is -0.210. The molecule has 0 saturated heterocycles. The fraction of sp³-hybridized carbons (Fsp3) is 0.833. The van der Waals surface area contributed by atoms with E-state index in [2.05, 4.69) is 0 Å². The molecule has 0 aromatic heterocycles. The van der Waals surface area contributed by atoms with Gasteiger partial charge in [-0.2, -0.15) is 13.2 Å². The third kappa shape index (κ3) is 4.69. The molecular formula is C6H11F3N2O2. The second-order valence-electron chi connectivity index (χ2n) is 2.66. The van der Waals surface area contributed by atoms with Crippen LogP contribution in [0.4, 0.5) is 13.2 Å². The normalized spacial score (nSPS) is 16.7. The van der Waals surface area contributed by atoms with E-state index in [-0.39, 0.29) is 12.8 Å². The third-order valence-electron chi connectivity index (χ3n) is 1.46. The predicted octanol–water partition coefficient (Wildman–Crippen LogP) is -0.498. The highest BCUT2D eigenvalue weighted by molar-refractivity contribution is 5.73. The Hall–Kier alpha value is -0.820. The summed E-state index contributed by atoms with van der Waals surface area (Å²) in [6.07, 6.45) is -7.91. The van der Waals surface area contributed by atoms with E-state index in [0.717, 1.165) is 0 Å². The molecular weight excluding hydrogens is 189 g/mol. The maximum atomic E-state index is 11.8. The van der Waals surface area contributed by atoms with Crippen LogP contribution in [0, 0.1) is 0 Å². The highest BCUT2D eigenvalue weighted by Crippen LogP contribution is 2.22. The van der Waals surface area contributed by atoms with E-state index in [1.807, 2.05) is 0 Å². The number of halogens is 3. The van der Waals surface area contributed by atoms with Gasteiger partial charge in [0.25, 0.3) is 0 Å². The summed E-state index contributed by atoms with van der Waals surface area (Å²) in [6.45, 7) is 0. The van der Waals surface area contributed by atoms with Crippen LogP contribution < -0.4 is 11.5 Å². The molecule has 0 heterocycles. The Labute approximate surface area is 72.7 Å². The lowest BCUT2D eigenvalue weighted by atomic mass is 10.1. The average Bonchev–Trinajstić information content (AvgIpc) is 1.96. The Bertz CT molecular complexity index is 183. The summed E-state index contributed by atoms with van der Waals surface area (Å²) in [4.78, 5) is 10.2. The maximum absolute atomic E-state index is 11.8. The molecule has 78 valence electrons. The third-order valence-corrected chi connectivity index (χ3v) is 1.46. The fourth-order valence-electron chi connectivity index (χ4n) is 0.710. The molecule has 4 nitrogen and oxygen atoms in total. The molecule has 1 amide bonds. The van der Waals surface area contributed by atoms with E-state index in [1.165, 1.54) is 0 Å². The summed E-state index contributed by atoms with van der Waals surface area (Å²) in [5.41, 5.74) is 9.67. The molecule has 13 heavy (non-hydrogen) atoms. The summed E-state index contributed by atoms with van der Waals surface area (Å²) < 4.78 is 35.3. The highest BCUT2D eigenvalue weighted by atomic mass is 19.4. The smallest absolute Gasteiger partial charge is 0.382 e. The van der Waals surface area contributed by atoms with Gasteiger partial charge in [-0.1, -0.05) is 0 Å². The number of primary amides is 1. The molecule has 0 saturated carbocycles. The zero-order valence-corrected chi connectivity index (χ0v) is 6.71. The minimum Gasteiger partial charge on any atom is -0.382 e. The van der Waals surface area contributed by atoms with Crippen molar-refractivity contribution >= 4 is 5.91 Å². The lowest BCUT2D eigenvalue weighted by Gasteiger charge is -2.20. The number of aliphatic hydroxyl groups is 1. The summed E-state index contributed by atoms with van der Waals surface area (Å²) in [5.74, 6) is -0.746. The molecule has 0 spiro atoms.